The van der Waals surface area contributed by atoms with Gasteiger partial charge in [-0.05, 0) is 19.4 Å². The smallest absolute Gasteiger partial charge is 0.169 e. The summed E-state index contributed by atoms with van der Waals surface area (Å²) < 4.78 is 1.93. The van der Waals surface area contributed by atoms with Gasteiger partial charge in [-0.1, -0.05) is 54.2 Å². The number of imidazole rings is 1. The van der Waals surface area contributed by atoms with Crippen LogP contribution in [0.4, 0.5) is 0 Å². The third-order valence-electron chi connectivity index (χ3n) is 3.85. The molecule has 20 heavy (non-hydrogen) atoms. The van der Waals surface area contributed by atoms with Gasteiger partial charge in [0.25, 0.3) is 0 Å². The van der Waals surface area contributed by atoms with E-state index in [1.807, 2.05) is 22.8 Å². The Morgan fingerprint density at radius 3 is 2.80 bits per heavy atom. The average molecular weight is 284 g/mol. The van der Waals surface area contributed by atoms with Gasteiger partial charge in [-0.15, -0.1) is 0 Å². The van der Waals surface area contributed by atoms with Crippen molar-refractivity contribution in [3.8, 4) is 0 Å². The normalized spacial score (nSPS) is 25.0. The number of thioether (sulfide) groups is 1. The molecule has 0 bridgehead atoms. The van der Waals surface area contributed by atoms with Crippen molar-refractivity contribution in [2.75, 3.05) is 0 Å². The van der Waals surface area contributed by atoms with Crippen molar-refractivity contribution in [2.45, 2.75) is 29.8 Å². The predicted molar refractivity (Wildman–Crippen MR) is 82.1 cm³/mol. The number of aldehydes is 1. The largest absolute Gasteiger partial charge is 0.312 e. The molecule has 0 fully saturated rings. The van der Waals surface area contributed by atoms with Crippen LogP contribution in [-0.2, 0) is 0 Å². The molecule has 0 saturated heterocycles. The average Bonchev–Trinajstić information content (AvgIpc) is 2.97. The van der Waals surface area contributed by atoms with Crippen molar-refractivity contribution in [3.63, 3.8) is 0 Å². The molecule has 0 radical (unpaired) electrons. The van der Waals surface area contributed by atoms with Gasteiger partial charge in [-0.2, -0.15) is 0 Å². The van der Waals surface area contributed by atoms with Crippen molar-refractivity contribution >= 4 is 24.1 Å². The summed E-state index contributed by atoms with van der Waals surface area (Å²) in [7, 11) is 0. The summed E-state index contributed by atoms with van der Waals surface area (Å²) in [5.41, 5.74) is 1.83. The molecule has 1 aliphatic heterocycles. The van der Waals surface area contributed by atoms with E-state index in [-0.39, 0.29) is 10.8 Å². The molecular formula is C16H16N2OS. The molecule has 1 aliphatic rings. The van der Waals surface area contributed by atoms with E-state index >= 15 is 0 Å². The van der Waals surface area contributed by atoms with Gasteiger partial charge >= 0.3 is 0 Å². The fourth-order valence-electron chi connectivity index (χ4n) is 2.45. The summed E-state index contributed by atoms with van der Waals surface area (Å²) in [5, 5.41) is 0.916. The summed E-state index contributed by atoms with van der Waals surface area (Å²) in [6.07, 6.45) is 6.87. The van der Waals surface area contributed by atoms with Crippen LogP contribution in [0.1, 0.15) is 35.9 Å². The molecule has 4 heteroatoms. The van der Waals surface area contributed by atoms with Gasteiger partial charge in [0.15, 0.2) is 11.4 Å². The van der Waals surface area contributed by atoms with Crippen LogP contribution in [0.3, 0.4) is 0 Å². The standard InChI is InChI=1S/C16H16N2OS/c1-12-16(2,9-8-13-6-4-3-5-7-13)20-15-17-10-14(11-19)18(12)15/h3-12H,1-2H3. The van der Waals surface area contributed by atoms with Crippen LogP contribution >= 0.6 is 11.8 Å². The first-order chi connectivity index (χ1) is 9.64. The molecule has 2 unspecified atom stereocenters. The molecule has 2 atom stereocenters. The second-order valence-corrected chi connectivity index (χ2v) is 6.61. The van der Waals surface area contributed by atoms with Gasteiger partial charge in [0.1, 0.15) is 5.69 Å². The van der Waals surface area contributed by atoms with Crippen molar-refractivity contribution in [1.29, 1.82) is 0 Å². The molecular weight excluding hydrogens is 268 g/mol. The highest BCUT2D eigenvalue weighted by Crippen LogP contribution is 2.49. The van der Waals surface area contributed by atoms with Crippen LogP contribution < -0.4 is 0 Å². The number of rotatable bonds is 3. The van der Waals surface area contributed by atoms with Crippen LogP contribution in [0.15, 0.2) is 47.8 Å². The highest BCUT2D eigenvalue weighted by atomic mass is 32.2. The predicted octanol–water partition coefficient (Wildman–Crippen LogP) is 3.83. The fourth-order valence-corrected chi connectivity index (χ4v) is 3.72. The third kappa shape index (κ3) is 2.10. The summed E-state index contributed by atoms with van der Waals surface area (Å²) in [4.78, 5) is 15.4. The van der Waals surface area contributed by atoms with Gasteiger partial charge in [0.05, 0.1) is 17.0 Å². The minimum atomic E-state index is -0.0861. The molecule has 0 N–H and O–H groups in total. The summed E-state index contributed by atoms with van der Waals surface area (Å²) in [6, 6.07) is 10.4. The lowest BCUT2D eigenvalue weighted by Gasteiger charge is -2.24. The topological polar surface area (TPSA) is 34.9 Å². The van der Waals surface area contributed by atoms with Gasteiger partial charge in [-0.3, -0.25) is 4.79 Å². The molecule has 3 nitrogen and oxygen atoms in total. The maximum atomic E-state index is 11.1. The highest BCUT2D eigenvalue weighted by molar-refractivity contribution is 8.01. The summed E-state index contributed by atoms with van der Waals surface area (Å²) in [5.74, 6) is 0. The Morgan fingerprint density at radius 1 is 1.35 bits per heavy atom. The lowest BCUT2D eigenvalue weighted by Crippen LogP contribution is -2.24. The van der Waals surface area contributed by atoms with E-state index in [0.29, 0.717) is 5.69 Å². The summed E-state index contributed by atoms with van der Waals surface area (Å²) >= 11 is 1.71. The Labute approximate surface area is 122 Å². The molecule has 2 aromatic rings. The number of aromatic nitrogens is 2. The van der Waals surface area contributed by atoms with Crippen LogP contribution in [0.25, 0.3) is 6.08 Å². The highest BCUT2D eigenvalue weighted by Gasteiger charge is 2.41. The van der Waals surface area contributed by atoms with Gasteiger partial charge in [0, 0.05) is 0 Å². The van der Waals surface area contributed by atoms with Crippen LogP contribution in [-0.4, -0.2) is 20.6 Å². The van der Waals surface area contributed by atoms with Crippen molar-refractivity contribution in [3.05, 3.63) is 53.9 Å². The molecule has 1 aromatic carbocycles. The molecule has 0 spiro atoms. The van der Waals surface area contributed by atoms with Crippen molar-refractivity contribution < 1.29 is 4.79 Å². The zero-order chi connectivity index (χ0) is 14.2. The second kappa shape index (κ2) is 4.94. The second-order valence-electron chi connectivity index (χ2n) is 5.16. The number of benzene rings is 1. The Hall–Kier alpha value is -1.81. The van der Waals surface area contributed by atoms with E-state index in [9.17, 15) is 4.79 Å². The first kappa shape index (κ1) is 13.2. The summed E-state index contributed by atoms with van der Waals surface area (Å²) in [6.45, 7) is 4.32. The molecule has 1 aromatic heterocycles. The Kier molecular flexibility index (Phi) is 3.26. The SMILES string of the molecule is CC1n2c(C=O)cnc2SC1(C)C=Cc1ccccc1. The van der Waals surface area contributed by atoms with E-state index in [1.165, 1.54) is 5.56 Å². The Morgan fingerprint density at radius 2 is 2.10 bits per heavy atom. The number of hydrogen-bond acceptors (Lipinski definition) is 3. The maximum absolute atomic E-state index is 11.1. The third-order valence-corrected chi connectivity index (χ3v) is 5.25. The molecule has 2 heterocycles. The van der Waals surface area contributed by atoms with Gasteiger partial charge in [0.2, 0.25) is 0 Å². The van der Waals surface area contributed by atoms with Crippen LogP contribution in [0, 0.1) is 0 Å². The van der Waals surface area contributed by atoms with Crippen LogP contribution in [0.5, 0.6) is 0 Å². The fraction of sp³-hybridized carbons (Fsp3) is 0.250. The number of carbonyl (C=O) groups excluding carboxylic acids is 1. The number of hydrogen-bond donors (Lipinski definition) is 0. The number of fused-ring (bicyclic) bond motifs is 1. The number of carbonyl (C=O) groups is 1. The minimum Gasteiger partial charge on any atom is -0.312 e. The zero-order valence-corrected chi connectivity index (χ0v) is 12.3. The minimum absolute atomic E-state index is 0.0861. The molecule has 3 rings (SSSR count). The van der Waals surface area contributed by atoms with Gasteiger partial charge in [-0.25, -0.2) is 4.98 Å². The van der Waals surface area contributed by atoms with Crippen molar-refractivity contribution in [2.24, 2.45) is 0 Å². The molecule has 0 amide bonds. The first-order valence-corrected chi connectivity index (χ1v) is 7.41. The van der Waals surface area contributed by atoms with Crippen LogP contribution in [0.2, 0.25) is 0 Å². The molecule has 0 aliphatic carbocycles. The Balaban J connectivity index is 1.90. The van der Waals surface area contributed by atoms with Crippen molar-refractivity contribution in [1.82, 2.24) is 9.55 Å². The van der Waals surface area contributed by atoms with E-state index < -0.39 is 0 Å². The number of nitrogens with zero attached hydrogens (tertiary/aromatic N) is 2. The lowest BCUT2D eigenvalue weighted by atomic mass is 10.0. The molecule has 0 saturated carbocycles. The zero-order valence-electron chi connectivity index (χ0n) is 11.5. The molecule has 102 valence electrons. The van der Waals surface area contributed by atoms with E-state index in [0.717, 1.165) is 11.4 Å². The van der Waals surface area contributed by atoms with E-state index in [4.69, 9.17) is 0 Å². The first-order valence-electron chi connectivity index (χ1n) is 6.60. The maximum Gasteiger partial charge on any atom is 0.169 e. The van der Waals surface area contributed by atoms with E-state index in [1.54, 1.807) is 18.0 Å². The monoisotopic (exact) mass is 284 g/mol. The lowest BCUT2D eigenvalue weighted by molar-refractivity contribution is 0.111. The Bertz CT molecular complexity index is 662. The quantitative estimate of drug-likeness (QED) is 0.803. The van der Waals surface area contributed by atoms with Gasteiger partial charge < -0.3 is 4.57 Å². The van der Waals surface area contributed by atoms with E-state index in [2.05, 4.69) is 43.1 Å².